The molecule has 0 atom stereocenters. The number of isocyanates is 1. The minimum Gasteiger partial charge on any atom is -0.464 e. The second kappa shape index (κ2) is 3.57. The topological polar surface area (TPSA) is 42.6 Å². The number of nitrogens with zero attached hydrogens (tertiary/aromatic N) is 1. The molecular formula is C14H13NO2. The summed E-state index contributed by atoms with van der Waals surface area (Å²) in [6, 6.07) is 6.04. The van der Waals surface area contributed by atoms with Crippen LogP contribution in [-0.4, -0.2) is 6.08 Å². The van der Waals surface area contributed by atoms with Gasteiger partial charge in [-0.3, -0.25) is 0 Å². The van der Waals surface area contributed by atoms with Gasteiger partial charge in [0.2, 0.25) is 6.08 Å². The molecule has 0 bridgehead atoms. The van der Waals surface area contributed by atoms with E-state index in [1.807, 2.05) is 25.1 Å². The second-order valence-electron chi connectivity index (χ2n) is 4.69. The van der Waals surface area contributed by atoms with Gasteiger partial charge < -0.3 is 4.42 Å². The van der Waals surface area contributed by atoms with Gasteiger partial charge in [0, 0.05) is 10.9 Å². The third-order valence-electron chi connectivity index (χ3n) is 3.74. The Kier molecular flexibility index (Phi) is 2.17. The number of rotatable bonds is 2. The number of hydrogen-bond donors (Lipinski definition) is 0. The van der Waals surface area contributed by atoms with Gasteiger partial charge in [-0.15, -0.1) is 0 Å². The van der Waals surface area contributed by atoms with E-state index in [2.05, 4.69) is 4.99 Å². The molecule has 0 amide bonds. The molecule has 1 aliphatic carbocycles. The monoisotopic (exact) mass is 227 g/mol. The first-order chi connectivity index (χ1) is 8.27. The first kappa shape index (κ1) is 10.3. The lowest BCUT2D eigenvalue weighted by Crippen LogP contribution is -2.31. The maximum Gasteiger partial charge on any atom is 0.235 e. The van der Waals surface area contributed by atoms with Crippen molar-refractivity contribution in [1.29, 1.82) is 0 Å². The highest BCUT2D eigenvalue weighted by atomic mass is 16.3. The molecule has 1 heterocycles. The first-order valence-corrected chi connectivity index (χ1v) is 5.83. The molecular weight excluding hydrogens is 214 g/mol. The first-order valence-electron chi connectivity index (χ1n) is 5.83. The molecule has 3 heteroatoms. The van der Waals surface area contributed by atoms with E-state index >= 15 is 0 Å². The Morgan fingerprint density at radius 1 is 1.41 bits per heavy atom. The zero-order chi connectivity index (χ0) is 11.9. The number of fused-ring (bicyclic) bond motifs is 1. The van der Waals surface area contributed by atoms with Gasteiger partial charge in [0.05, 0.1) is 6.26 Å². The van der Waals surface area contributed by atoms with E-state index in [9.17, 15) is 4.79 Å². The number of aryl methyl sites for hydroxylation is 1. The highest BCUT2D eigenvalue weighted by molar-refractivity contribution is 5.84. The Hall–Kier alpha value is -1.86. The molecule has 1 aliphatic rings. The summed E-state index contributed by atoms with van der Waals surface area (Å²) in [4.78, 5) is 14.6. The van der Waals surface area contributed by atoms with Crippen LogP contribution in [0.3, 0.4) is 0 Å². The van der Waals surface area contributed by atoms with E-state index in [0.29, 0.717) is 0 Å². The van der Waals surface area contributed by atoms with Gasteiger partial charge in [0.1, 0.15) is 11.1 Å². The minimum atomic E-state index is -0.383. The molecule has 86 valence electrons. The second-order valence-corrected chi connectivity index (χ2v) is 4.69. The highest BCUT2D eigenvalue weighted by Gasteiger charge is 2.40. The van der Waals surface area contributed by atoms with Crippen LogP contribution in [0.1, 0.15) is 30.4 Å². The van der Waals surface area contributed by atoms with Gasteiger partial charge in [-0.25, -0.2) is 4.79 Å². The summed E-state index contributed by atoms with van der Waals surface area (Å²) in [7, 11) is 0. The van der Waals surface area contributed by atoms with Crippen LogP contribution >= 0.6 is 0 Å². The zero-order valence-electron chi connectivity index (χ0n) is 9.69. The fourth-order valence-corrected chi connectivity index (χ4v) is 2.59. The van der Waals surface area contributed by atoms with Crippen molar-refractivity contribution in [1.82, 2.24) is 0 Å². The van der Waals surface area contributed by atoms with Crippen molar-refractivity contribution in [2.45, 2.75) is 31.7 Å². The molecule has 1 fully saturated rings. The summed E-state index contributed by atoms with van der Waals surface area (Å²) < 4.78 is 5.62. The molecule has 0 unspecified atom stereocenters. The van der Waals surface area contributed by atoms with Crippen molar-refractivity contribution in [3.05, 3.63) is 35.6 Å². The third-order valence-corrected chi connectivity index (χ3v) is 3.74. The predicted molar refractivity (Wildman–Crippen MR) is 64.6 cm³/mol. The average molecular weight is 227 g/mol. The van der Waals surface area contributed by atoms with E-state index in [1.54, 1.807) is 12.3 Å². The van der Waals surface area contributed by atoms with Crippen LogP contribution in [-0.2, 0) is 10.3 Å². The fraction of sp³-hybridized carbons (Fsp3) is 0.357. The van der Waals surface area contributed by atoms with Gasteiger partial charge in [-0.1, -0.05) is 18.2 Å². The third kappa shape index (κ3) is 1.36. The minimum absolute atomic E-state index is 0.383. The van der Waals surface area contributed by atoms with Crippen molar-refractivity contribution >= 4 is 17.0 Å². The molecule has 3 nitrogen and oxygen atoms in total. The maximum absolute atomic E-state index is 10.6. The molecule has 0 aliphatic heterocycles. The summed E-state index contributed by atoms with van der Waals surface area (Å²) in [5, 5.41) is 1.11. The van der Waals surface area contributed by atoms with E-state index in [1.165, 1.54) is 0 Å². The van der Waals surface area contributed by atoms with Crippen molar-refractivity contribution in [2.24, 2.45) is 4.99 Å². The van der Waals surface area contributed by atoms with Gasteiger partial charge in [0.25, 0.3) is 0 Å². The molecule has 1 aromatic carbocycles. The lowest BCUT2D eigenvalue weighted by molar-refractivity contribution is 0.256. The van der Waals surface area contributed by atoms with Crippen LogP contribution in [0.5, 0.6) is 0 Å². The SMILES string of the molecule is Cc1coc2c(C3(N=C=O)CCC3)cccc12. The van der Waals surface area contributed by atoms with Gasteiger partial charge in [-0.2, -0.15) is 4.99 Å². The van der Waals surface area contributed by atoms with Gasteiger partial charge in [-0.05, 0) is 31.7 Å². The summed E-state index contributed by atoms with van der Waals surface area (Å²) in [5.74, 6) is 0. The van der Waals surface area contributed by atoms with Crippen LogP contribution < -0.4 is 0 Å². The van der Waals surface area contributed by atoms with Crippen molar-refractivity contribution < 1.29 is 9.21 Å². The quantitative estimate of drug-likeness (QED) is 0.582. The van der Waals surface area contributed by atoms with E-state index in [4.69, 9.17) is 4.42 Å². The van der Waals surface area contributed by atoms with E-state index < -0.39 is 0 Å². The number of furan rings is 1. The number of para-hydroxylation sites is 1. The molecule has 0 N–H and O–H groups in total. The Morgan fingerprint density at radius 2 is 2.24 bits per heavy atom. The molecule has 0 spiro atoms. The fourth-order valence-electron chi connectivity index (χ4n) is 2.59. The summed E-state index contributed by atoms with van der Waals surface area (Å²) >= 11 is 0. The van der Waals surface area contributed by atoms with E-state index in [0.717, 1.165) is 41.4 Å². The smallest absolute Gasteiger partial charge is 0.235 e. The molecule has 1 aromatic heterocycles. The number of carbonyl (C=O) groups excluding carboxylic acids is 1. The maximum atomic E-state index is 10.6. The van der Waals surface area contributed by atoms with Crippen LogP contribution in [0.4, 0.5) is 0 Å². The van der Waals surface area contributed by atoms with Gasteiger partial charge in [0.15, 0.2) is 0 Å². The normalized spacial score (nSPS) is 17.5. The van der Waals surface area contributed by atoms with Crippen LogP contribution in [0.2, 0.25) is 0 Å². The lowest BCUT2D eigenvalue weighted by atomic mass is 9.72. The molecule has 2 aromatic rings. The Morgan fingerprint density at radius 3 is 2.88 bits per heavy atom. The molecule has 3 rings (SSSR count). The van der Waals surface area contributed by atoms with Crippen molar-refractivity contribution in [3.63, 3.8) is 0 Å². The zero-order valence-corrected chi connectivity index (χ0v) is 9.69. The van der Waals surface area contributed by atoms with Crippen LogP contribution in [0, 0.1) is 6.92 Å². The summed E-state index contributed by atoms with van der Waals surface area (Å²) in [6.07, 6.45) is 6.38. The Bertz CT molecular complexity index is 616. The standard InChI is InChI=1S/C14H13NO2/c1-10-8-17-13-11(10)4-2-5-12(13)14(15-9-16)6-3-7-14/h2,4-5,8H,3,6-7H2,1H3. The summed E-state index contributed by atoms with van der Waals surface area (Å²) in [6.45, 7) is 2.02. The summed E-state index contributed by atoms with van der Waals surface area (Å²) in [5.41, 5.74) is 2.62. The largest absolute Gasteiger partial charge is 0.464 e. The average Bonchev–Trinajstić information content (AvgIpc) is 2.66. The molecule has 1 saturated carbocycles. The molecule has 0 saturated heterocycles. The Balaban J connectivity index is 2.26. The van der Waals surface area contributed by atoms with Crippen LogP contribution in [0.15, 0.2) is 33.9 Å². The molecule has 0 radical (unpaired) electrons. The van der Waals surface area contributed by atoms with E-state index in [-0.39, 0.29) is 5.54 Å². The van der Waals surface area contributed by atoms with Crippen molar-refractivity contribution in [2.75, 3.05) is 0 Å². The lowest BCUT2D eigenvalue weighted by Gasteiger charge is -2.36. The van der Waals surface area contributed by atoms with Crippen molar-refractivity contribution in [3.8, 4) is 0 Å². The number of hydrogen-bond acceptors (Lipinski definition) is 3. The highest BCUT2D eigenvalue weighted by Crippen LogP contribution is 2.47. The van der Waals surface area contributed by atoms with Crippen LogP contribution in [0.25, 0.3) is 11.0 Å². The molecule has 17 heavy (non-hydrogen) atoms. The Labute approximate surface area is 99.1 Å². The number of benzene rings is 1. The van der Waals surface area contributed by atoms with Gasteiger partial charge >= 0.3 is 0 Å². The number of aliphatic imine (C=N–C) groups is 1. The predicted octanol–water partition coefficient (Wildman–Crippen LogP) is 3.46.